The van der Waals surface area contributed by atoms with Crippen LogP contribution >= 0.6 is 0 Å². The van der Waals surface area contributed by atoms with Crippen LogP contribution in [0.15, 0.2) is 104 Å². The maximum atomic E-state index is 12.3. The average Bonchev–Trinajstić information content (AvgIpc) is 2.98. The molecule has 0 atom stereocenters. The number of aldehydes is 1. The summed E-state index contributed by atoms with van der Waals surface area (Å²) in [7, 11) is 0. The molecule has 5 rings (SSSR count). The number of hydrogen-bond donors (Lipinski definition) is 2. The molecule has 0 saturated heterocycles. The molecule has 40 heavy (non-hydrogen) atoms. The lowest BCUT2D eigenvalue weighted by atomic mass is 9.89. The van der Waals surface area contributed by atoms with Crippen molar-refractivity contribution >= 4 is 40.4 Å². The molecule has 2 aromatic heterocycles. The van der Waals surface area contributed by atoms with Crippen LogP contribution in [0.4, 0.5) is 34.1 Å². The van der Waals surface area contributed by atoms with Crippen LogP contribution in [-0.4, -0.2) is 26.1 Å². The van der Waals surface area contributed by atoms with Crippen molar-refractivity contribution in [3.63, 3.8) is 0 Å². The van der Waals surface area contributed by atoms with E-state index in [1.165, 1.54) is 30.7 Å². The first kappa shape index (κ1) is 25.7. The summed E-state index contributed by atoms with van der Waals surface area (Å²) in [5.41, 5.74) is 4.14. The fourth-order valence-corrected chi connectivity index (χ4v) is 4.40. The van der Waals surface area contributed by atoms with Gasteiger partial charge in [-0.3, -0.25) is 35.0 Å². The summed E-state index contributed by atoms with van der Waals surface area (Å²) in [6.07, 6.45) is 5.98. The highest BCUT2D eigenvalue weighted by Gasteiger charge is 2.21. The summed E-state index contributed by atoms with van der Waals surface area (Å²) >= 11 is 0. The number of carbonyl (C=O) groups excluding carboxylic acids is 1. The molecule has 0 radical (unpaired) electrons. The minimum Gasteiger partial charge on any atom is -0.349 e. The van der Waals surface area contributed by atoms with E-state index < -0.39 is 9.85 Å². The third kappa shape index (κ3) is 5.07. The van der Waals surface area contributed by atoms with Crippen molar-refractivity contribution < 1.29 is 14.6 Å². The van der Waals surface area contributed by atoms with E-state index in [1.807, 2.05) is 24.3 Å². The van der Waals surface area contributed by atoms with Gasteiger partial charge in [0.25, 0.3) is 0 Å². The number of pyridine rings is 2. The highest BCUT2D eigenvalue weighted by molar-refractivity contribution is 6.02. The molecular weight excluding hydrogens is 512 g/mol. The monoisotopic (exact) mass is 532 g/mol. The Labute approximate surface area is 227 Å². The van der Waals surface area contributed by atoms with Crippen LogP contribution in [0, 0.1) is 20.2 Å². The van der Waals surface area contributed by atoms with E-state index >= 15 is 0 Å². The topological polar surface area (TPSA) is 153 Å². The first-order valence-corrected chi connectivity index (χ1v) is 12.0. The van der Waals surface area contributed by atoms with Gasteiger partial charge in [-0.15, -0.1) is 0 Å². The number of para-hydroxylation sites is 2. The van der Waals surface area contributed by atoms with Gasteiger partial charge in [0.1, 0.15) is 23.8 Å². The van der Waals surface area contributed by atoms with Gasteiger partial charge in [-0.1, -0.05) is 54.6 Å². The number of benzene rings is 3. The molecule has 0 saturated carbocycles. The minimum absolute atomic E-state index is 0.187. The van der Waals surface area contributed by atoms with Crippen LogP contribution in [0.3, 0.4) is 0 Å². The zero-order valence-electron chi connectivity index (χ0n) is 20.7. The van der Waals surface area contributed by atoms with Crippen molar-refractivity contribution in [3.8, 4) is 22.3 Å². The molecule has 0 bridgehead atoms. The summed E-state index contributed by atoms with van der Waals surface area (Å²) < 4.78 is 0. The Morgan fingerprint density at radius 2 is 1.10 bits per heavy atom. The SMILES string of the molecule is O=Cc1cccc(-c2ccccc2Nc2ccncc2[N+](=O)[O-])c1-c1ccccc1Nc1ccncc1[N+](=O)[O-]. The lowest BCUT2D eigenvalue weighted by Gasteiger charge is -2.19. The molecule has 0 unspecified atom stereocenters. The predicted octanol–water partition coefficient (Wildman–Crippen LogP) is 6.93. The number of rotatable bonds is 9. The van der Waals surface area contributed by atoms with Crippen LogP contribution in [-0.2, 0) is 0 Å². The lowest BCUT2D eigenvalue weighted by Crippen LogP contribution is -2.02. The minimum atomic E-state index is -0.525. The Kier molecular flexibility index (Phi) is 7.18. The van der Waals surface area contributed by atoms with Crippen molar-refractivity contribution in [2.45, 2.75) is 0 Å². The third-order valence-corrected chi connectivity index (χ3v) is 6.17. The molecule has 0 aliphatic carbocycles. The van der Waals surface area contributed by atoms with Gasteiger partial charge in [-0.2, -0.15) is 0 Å². The Morgan fingerprint density at radius 3 is 1.65 bits per heavy atom. The molecule has 196 valence electrons. The highest BCUT2D eigenvalue weighted by Crippen LogP contribution is 2.43. The molecule has 2 heterocycles. The maximum absolute atomic E-state index is 12.3. The van der Waals surface area contributed by atoms with Gasteiger partial charge < -0.3 is 10.6 Å². The molecule has 2 N–H and O–H groups in total. The standard InChI is InChI=1S/C29H20N6O5/c36-18-19-6-5-9-21(20-7-1-3-10-23(20)32-25-12-14-30-16-27(25)34(37)38)29(19)22-8-2-4-11-24(22)33-26-13-15-31-17-28(26)35(39)40/h1-18H,(H,30,32)(H,31,33). The van der Waals surface area contributed by atoms with Crippen LogP contribution in [0.25, 0.3) is 22.3 Å². The zero-order valence-corrected chi connectivity index (χ0v) is 20.7. The largest absolute Gasteiger partial charge is 0.349 e. The van der Waals surface area contributed by atoms with E-state index in [9.17, 15) is 25.0 Å². The Morgan fingerprint density at radius 1 is 0.600 bits per heavy atom. The van der Waals surface area contributed by atoms with Crippen molar-refractivity contribution in [1.29, 1.82) is 0 Å². The fraction of sp³-hybridized carbons (Fsp3) is 0. The first-order chi connectivity index (χ1) is 19.5. The summed E-state index contributed by atoms with van der Waals surface area (Å²) in [6, 6.07) is 22.7. The second-order valence-electron chi connectivity index (χ2n) is 8.53. The normalized spacial score (nSPS) is 10.5. The van der Waals surface area contributed by atoms with Gasteiger partial charge in [-0.05, 0) is 29.8 Å². The van der Waals surface area contributed by atoms with E-state index in [0.29, 0.717) is 39.2 Å². The maximum Gasteiger partial charge on any atom is 0.310 e. The Bertz CT molecular complexity index is 1760. The average molecular weight is 533 g/mol. The predicted molar refractivity (Wildman–Crippen MR) is 151 cm³/mol. The van der Waals surface area contributed by atoms with E-state index in [0.717, 1.165) is 12.5 Å². The first-order valence-electron chi connectivity index (χ1n) is 12.0. The Hall–Kier alpha value is -5.97. The van der Waals surface area contributed by atoms with E-state index in [1.54, 1.807) is 42.5 Å². The quantitative estimate of drug-likeness (QED) is 0.117. The van der Waals surface area contributed by atoms with Crippen molar-refractivity contribution in [3.05, 3.63) is 129 Å². The number of nitro groups is 2. The molecule has 0 amide bonds. The molecule has 0 aliphatic heterocycles. The summed E-state index contributed by atoms with van der Waals surface area (Å²) in [5.74, 6) is 0. The molecule has 5 aromatic rings. The van der Waals surface area contributed by atoms with Gasteiger partial charge in [0.2, 0.25) is 0 Å². The summed E-state index contributed by atoms with van der Waals surface area (Å²) in [6.45, 7) is 0. The van der Waals surface area contributed by atoms with Crippen LogP contribution in [0.5, 0.6) is 0 Å². The van der Waals surface area contributed by atoms with Gasteiger partial charge in [0.15, 0.2) is 6.29 Å². The molecule has 0 aliphatic rings. The van der Waals surface area contributed by atoms with Crippen molar-refractivity contribution in [2.24, 2.45) is 0 Å². The number of aromatic nitrogens is 2. The van der Waals surface area contributed by atoms with E-state index in [4.69, 9.17) is 0 Å². The second kappa shape index (κ2) is 11.2. The van der Waals surface area contributed by atoms with Crippen LogP contribution in [0.1, 0.15) is 10.4 Å². The molecule has 11 nitrogen and oxygen atoms in total. The summed E-state index contributed by atoms with van der Waals surface area (Å²) in [4.78, 5) is 42.1. The Balaban J connectivity index is 1.67. The number of carbonyl (C=O) groups is 1. The number of nitrogens with zero attached hydrogens (tertiary/aromatic N) is 4. The highest BCUT2D eigenvalue weighted by atomic mass is 16.6. The van der Waals surface area contributed by atoms with Gasteiger partial charge in [0, 0.05) is 46.0 Å². The van der Waals surface area contributed by atoms with Gasteiger partial charge in [-0.25, -0.2) is 0 Å². The van der Waals surface area contributed by atoms with Gasteiger partial charge >= 0.3 is 11.4 Å². The van der Waals surface area contributed by atoms with Gasteiger partial charge in [0.05, 0.1) is 9.85 Å². The molecule has 0 fully saturated rings. The second-order valence-corrected chi connectivity index (χ2v) is 8.53. The molecule has 3 aromatic carbocycles. The zero-order chi connectivity index (χ0) is 28.1. The molecule has 0 spiro atoms. The smallest absolute Gasteiger partial charge is 0.310 e. The molecular formula is C29H20N6O5. The number of anilines is 4. The van der Waals surface area contributed by atoms with Crippen molar-refractivity contribution in [2.75, 3.05) is 10.6 Å². The lowest BCUT2D eigenvalue weighted by molar-refractivity contribution is -0.384. The summed E-state index contributed by atoms with van der Waals surface area (Å²) in [5, 5.41) is 29.4. The number of nitrogens with one attached hydrogen (secondary N) is 2. The van der Waals surface area contributed by atoms with Crippen molar-refractivity contribution in [1.82, 2.24) is 9.97 Å². The van der Waals surface area contributed by atoms with Crippen LogP contribution < -0.4 is 10.6 Å². The fourth-order valence-electron chi connectivity index (χ4n) is 4.40. The third-order valence-electron chi connectivity index (χ3n) is 6.17. The number of hydrogen-bond acceptors (Lipinski definition) is 9. The van der Waals surface area contributed by atoms with Crippen LogP contribution in [0.2, 0.25) is 0 Å². The van der Waals surface area contributed by atoms with E-state index in [-0.39, 0.29) is 22.7 Å². The van der Waals surface area contributed by atoms with E-state index in [2.05, 4.69) is 20.6 Å². The molecule has 11 heteroatoms.